The summed E-state index contributed by atoms with van der Waals surface area (Å²) in [5, 5.41) is 5.86. The predicted octanol–water partition coefficient (Wildman–Crippen LogP) is 0.643. The first-order valence-corrected chi connectivity index (χ1v) is 7.33. The lowest BCUT2D eigenvalue weighted by atomic mass is 10.1. The second-order valence-corrected chi connectivity index (χ2v) is 5.95. The van der Waals surface area contributed by atoms with Gasteiger partial charge in [-0.25, -0.2) is 0 Å². The highest BCUT2D eigenvalue weighted by molar-refractivity contribution is 5.82. The topological polar surface area (TPSA) is 61.4 Å². The fourth-order valence-corrected chi connectivity index (χ4v) is 3.29. The molecule has 4 atom stereocenters. The Morgan fingerprint density at radius 3 is 2.47 bits per heavy atom. The minimum Gasteiger partial charge on any atom is -0.354 e. The summed E-state index contributed by atoms with van der Waals surface area (Å²) in [6.45, 7) is 6.92. The second-order valence-electron chi connectivity index (χ2n) is 5.95. The standard InChI is InChI=1S/C14H25N3O2/c1-9-4-5-10(2)17(9)11(3)14(19)16-12-6-7-13(18)15-8-12/h9-12H,4-8H2,1-3H3,(H,15,18)(H,16,19). The van der Waals surface area contributed by atoms with Crippen LogP contribution in [0.2, 0.25) is 0 Å². The molecular formula is C14H25N3O2. The Kier molecular flexibility index (Phi) is 4.45. The van der Waals surface area contributed by atoms with Gasteiger partial charge in [-0.15, -0.1) is 0 Å². The van der Waals surface area contributed by atoms with E-state index in [0.717, 1.165) is 19.3 Å². The number of likely N-dealkylation sites (tertiary alicyclic amines) is 1. The van der Waals surface area contributed by atoms with Crippen molar-refractivity contribution in [2.45, 2.75) is 70.6 Å². The van der Waals surface area contributed by atoms with Gasteiger partial charge in [-0.1, -0.05) is 0 Å². The molecule has 0 spiro atoms. The molecule has 2 aliphatic rings. The SMILES string of the molecule is CC1CCC(C)N1C(C)C(=O)NC1CCC(=O)NC1. The van der Waals surface area contributed by atoms with Gasteiger partial charge in [0.15, 0.2) is 0 Å². The largest absolute Gasteiger partial charge is 0.354 e. The third-order valence-corrected chi connectivity index (χ3v) is 4.46. The average Bonchev–Trinajstić information content (AvgIpc) is 2.71. The van der Waals surface area contributed by atoms with Crippen molar-refractivity contribution < 1.29 is 9.59 Å². The zero-order chi connectivity index (χ0) is 14.0. The van der Waals surface area contributed by atoms with Gasteiger partial charge in [0.2, 0.25) is 11.8 Å². The molecule has 0 aromatic carbocycles. The minimum absolute atomic E-state index is 0.0836. The van der Waals surface area contributed by atoms with Crippen molar-refractivity contribution in [2.75, 3.05) is 6.54 Å². The quantitative estimate of drug-likeness (QED) is 0.789. The normalized spacial score (nSPS) is 33.8. The van der Waals surface area contributed by atoms with Crippen LogP contribution in [0.25, 0.3) is 0 Å². The molecule has 2 N–H and O–H groups in total. The molecule has 108 valence electrons. The van der Waals surface area contributed by atoms with Gasteiger partial charge in [0, 0.05) is 31.1 Å². The third-order valence-electron chi connectivity index (χ3n) is 4.46. The smallest absolute Gasteiger partial charge is 0.237 e. The van der Waals surface area contributed by atoms with Gasteiger partial charge < -0.3 is 10.6 Å². The van der Waals surface area contributed by atoms with E-state index in [0.29, 0.717) is 25.0 Å². The molecule has 19 heavy (non-hydrogen) atoms. The summed E-state index contributed by atoms with van der Waals surface area (Å²) in [5.74, 6) is 0.169. The first kappa shape index (κ1) is 14.3. The van der Waals surface area contributed by atoms with Crippen molar-refractivity contribution in [3.63, 3.8) is 0 Å². The van der Waals surface area contributed by atoms with Gasteiger partial charge in [0.25, 0.3) is 0 Å². The number of carbonyl (C=O) groups is 2. The molecule has 0 radical (unpaired) electrons. The Morgan fingerprint density at radius 2 is 1.95 bits per heavy atom. The van der Waals surface area contributed by atoms with Crippen molar-refractivity contribution >= 4 is 11.8 Å². The summed E-state index contributed by atoms with van der Waals surface area (Å²) < 4.78 is 0. The molecule has 2 amide bonds. The number of nitrogens with zero attached hydrogens (tertiary/aromatic N) is 1. The Labute approximate surface area is 115 Å². The van der Waals surface area contributed by atoms with Gasteiger partial charge in [-0.05, 0) is 40.0 Å². The number of nitrogens with one attached hydrogen (secondary N) is 2. The number of rotatable bonds is 3. The van der Waals surface area contributed by atoms with E-state index < -0.39 is 0 Å². The van der Waals surface area contributed by atoms with Crippen molar-refractivity contribution in [1.82, 2.24) is 15.5 Å². The number of carbonyl (C=O) groups excluding carboxylic acids is 2. The molecule has 2 heterocycles. The zero-order valence-electron chi connectivity index (χ0n) is 12.1. The van der Waals surface area contributed by atoms with E-state index in [9.17, 15) is 9.59 Å². The lowest BCUT2D eigenvalue weighted by molar-refractivity contribution is -0.129. The molecule has 0 saturated carbocycles. The van der Waals surface area contributed by atoms with Crippen LogP contribution in [0.3, 0.4) is 0 Å². The van der Waals surface area contributed by atoms with Gasteiger partial charge >= 0.3 is 0 Å². The number of piperidine rings is 1. The van der Waals surface area contributed by atoms with Crippen LogP contribution in [-0.4, -0.2) is 47.4 Å². The summed E-state index contributed by atoms with van der Waals surface area (Å²) in [6.07, 6.45) is 3.59. The van der Waals surface area contributed by atoms with Crippen LogP contribution in [0.4, 0.5) is 0 Å². The van der Waals surface area contributed by atoms with Crippen molar-refractivity contribution in [3.8, 4) is 0 Å². The van der Waals surface area contributed by atoms with Crippen LogP contribution in [0.15, 0.2) is 0 Å². The molecule has 2 fully saturated rings. The highest BCUT2D eigenvalue weighted by Crippen LogP contribution is 2.25. The number of hydrogen-bond acceptors (Lipinski definition) is 3. The number of hydrogen-bond donors (Lipinski definition) is 2. The molecule has 0 aliphatic carbocycles. The van der Waals surface area contributed by atoms with Crippen LogP contribution in [-0.2, 0) is 9.59 Å². The predicted molar refractivity (Wildman–Crippen MR) is 73.6 cm³/mol. The Bertz CT molecular complexity index is 339. The third kappa shape index (κ3) is 3.26. The lowest BCUT2D eigenvalue weighted by Crippen LogP contribution is -2.54. The summed E-state index contributed by atoms with van der Waals surface area (Å²) in [4.78, 5) is 25.7. The molecule has 0 aromatic heterocycles. The maximum atomic E-state index is 12.3. The van der Waals surface area contributed by atoms with E-state index >= 15 is 0 Å². The first-order chi connectivity index (χ1) is 8.99. The Hall–Kier alpha value is -1.10. The van der Waals surface area contributed by atoms with Crippen molar-refractivity contribution in [1.29, 1.82) is 0 Å². The molecule has 0 aromatic rings. The van der Waals surface area contributed by atoms with E-state index in [1.807, 2.05) is 6.92 Å². The van der Waals surface area contributed by atoms with Gasteiger partial charge in [0.1, 0.15) is 0 Å². The van der Waals surface area contributed by atoms with Gasteiger partial charge in [-0.2, -0.15) is 0 Å². The minimum atomic E-state index is -0.0925. The fraction of sp³-hybridized carbons (Fsp3) is 0.857. The molecular weight excluding hydrogens is 242 g/mol. The van der Waals surface area contributed by atoms with Gasteiger partial charge in [0.05, 0.1) is 6.04 Å². The highest BCUT2D eigenvalue weighted by Gasteiger charge is 2.35. The van der Waals surface area contributed by atoms with E-state index in [-0.39, 0.29) is 23.9 Å². The zero-order valence-corrected chi connectivity index (χ0v) is 12.1. The Balaban J connectivity index is 1.87. The monoisotopic (exact) mass is 267 g/mol. The van der Waals surface area contributed by atoms with Crippen LogP contribution in [0, 0.1) is 0 Å². The van der Waals surface area contributed by atoms with Gasteiger partial charge in [-0.3, -0.25) is 14.5 Å². The van der Waals surface area contributed by atoms with Crippen LogP contribution in [0.1, 0.15) is 46.5 Å². The van der Waals surface area contributed by atoms with Crippen LogP contribution in [0.5, 0.6) is 0 Å². The van der Waals surface area contributed by atoms with E-state index in [2.05, 4.69) is 29.4 Å². The lowest BCUT2D eigenvalue weighted by Gasteiger charge is -2.33. The van der Waals surface area contributed by atoms with Crippen LogP contribution < -0.4 is 10.6 Å². The Morgan fingerprint density at radius 1 is 1.32 bits per heavy atom. The average molecular weight is 267 g/mol. The highest BCUT2D eigenvalue weighted by atomic mass is 16.2. The summed E-state index contributed by atoms with van der Waals surface area (Å²) in [7, 11) is 0. The summed E-state index contributed by atoms with van der Waals surface area (Å²) in [5.41, 5.74) is 0. The summed E-state index contributed by atoms with van der Waals surface area (Å²) >= 11 is 0. The molecule has 2 rings (SSSR count). The van der Waals surface area contributed by atoms with E-state index in [1.54, 1.807) is 0 Å². The fourth-order valence-electron chi connectivity index (χ4n) is 3.29. The maximum absolute atomic E-state index is 12.3. The van der Waals surface area contributed by atoms with Crippen molar-refractivity contribution in [2.24, 2.45) is 0 Å². The molecule has 5 heteroatoms. The van der Waals surface area contributed by atoms with Crippen molar-refractivity contribution in [3.05, 3.63) is 0 Å². The molecule has 4 unspecified atom stereocenters. The van der Waals surface area contributed by atoms with E-state index in [1.165, 1.54) is 0 Å². The first-order valence-electron chi connectivity index (χ1n) is 7.33. The second kappa shape index (κ2) is 5.90. The number of amides is 2. The van der Waals surface area contributed by atoms with E-state index in [4.69, 9.17) is 0 Å². The molecule has 2 aliphatic heterocycles. The summed E-state index contributed by atoms with van der Waals surface area (Å²) in [6, 6.07) is 0.939. The molecule has 5 nitrogen and oxygen atoms in total. The maximum Gasteiger partial charge on any atom is 0.237 e. The molecule has 2 saturated heterocycles. The van der Waals surface area contributed by atoms with Crippen LogP contribution >= 0.6 is 0 Å². The molecule has 0 bridgehead atoms.